The van der Waals surface area contributed by atoms with Crippen molar-refractivity contribution in [1.82, 2.24) is 4.98 Å². The Labute approximate surface area is 226 Å². The summed E-state index contributed by atoms with van der Waals surface area (Å²) in [5.74, 6) is 0. The molecule has 0 spiro atoms. The summed E-state index contributed by atoms with van der Waals surface area (Å²) in [5, 5.41) is 6.35. The fourth-order valence-electron chi connectivity index (χ4n) is 6.83. The van der Waals surface area contributed by atoms with Gasteiger partial charge in [0, 0.05) is 33.3 Å². The number of para-hydroxylation sites is 1. The predicted molar refractivity (Wildman–Crippen MR) is 164 cm³/mol. The van der Waals surface area contributed by atoms with Crippen LogP contribution in [0.4, 0.5) is 0 Å². The second-order valence-electron chi connectivity index (χ2n) is 10.6. The summed E-state index contributed by atoms with van der Waals surface area (Å²) in [5.41, 5.74) is 14.2. The Morgan fingerprint density at radius 2 is 1.00 bits per heavy atom. The average Bonchev–Trinajstić information content (AvgIpc) is 3.66. The van der Waals surface area contributed by atoms with Crippen molar-refractivity contribution in [3.63, 3.8) is 0 Å². The van der Waals surface area contributed by atoms with E-state index in [1.807, 2.05) is 0 Å². The van der Waals surface area contributed by atoms with Gasteiger partial charge in [-0.1, -0.05) is 109 Å². The Bertz CT molecular complexity index is 2170. The van der Waals surface area contributed by atoms with Gasteiger partial charge in [0.15, 0.2) is 0 Å². The molecule has 1 N–H and O–H groups in total. The normalized spacial score (nSPS) is 13.9. The molecule has 1 heteroatoms. The van der Waals surface area contributed by atoms with Crippen LogP contribution in [0.25, 0.3) is 54.7 Å². The zero-order valence-corrected chi connectivity index (χ0v) is 21.2. The molecule has 0 aliphatic heterocycles. The van der Waals surface area contributed by atoms with E-state index in [4.69, 9.17) is 0 Å². The summed E-state index contributed by atoms with van der Waals surface area (Å²) in [6, 6.07) is 48.8. The third-order valence-electron chi connectivity index (χ3n) is 8.48. The Morgan fingerprint density at radius 1 is 0.385 bits per heavy atom. The molecule has 1 nitrogen and oxygen atoms in total. The smallest absolute Gasteiger partial charge is 0.0477 e. The van der Waals surface area contributed by atoms with Crippen LogP contribution in [-0.4, -0.2) is 4.98 Å². The maximum Gasteiger partial charge on any atom is 0.0477 e. The summed E-state index contributed by atoms with van der Waals surface area (Å²) in [7, 11) is 0. The molecule has 39 heavy (non-hydrogen) atoms. The zero-order valence-electron chi connectivity index (χ0n) is 21.2. The molecule has 0 amide bonds. The van der Waals surface area contributed by atoms with Crippen LogP contribution in [0.3, 0.4) is 0 Å². The molecule has 7 aromatic rings. The minimum Gasteiger partial charge on any atom is -0.354 e. The highest BCUT2D eigenvalue weighted by atomic mass is 14.7. The van der Waals surface area contributed by atoms with Crippen molar-refractivity contribution in [3.8, 4) is 0 Å². The number of hydrogen-bond acceptors (Lipinski definition) is 0. The summed E-state index contributed by atoms with van der Waals surface area (Å²) >= 11 is 0. The summed E-state index contributed by atoms with van der Waals surface area (Å²) < 4.78 is 0. The average molecular weight is 494 g/mol. The Hall–Kier alpha value is -5.14. The molecule has 9 rings (SSSR count). The van der Waals surface area contributed by atoms with Crippen LogP contribution in [0.5, 0.6) is 0 Å². The van der Waals surface area contributed by atoms with Gasteiger partial charge < -0.3 is 4.98 Å². The van der Waals surface area contributed by atoms with Crippen LogP contribution in [0.15, 0.2) is 133 Å². The molecule has 2 aliphatic carbocycles. The number of benzene rings is 6. The quantitative estimate of drug-likeness (QED) is 0.247. The van der Waals surface area contributed by atoms with E-state index >= 15 is 0 Å². The number of aromatic nitrogens is 1. The van der Waals surface area contributed by atoms with Gasteiger partial charge in [0.1, 0.15) is 0 Å². The molecule has 0 unspecified atom stereocenters. The summed E-state index contributed by atoms with van der Waals surface area (Å²) in [4.78, 5) is 3.80. The molecule has 0 radical (unpaired) electrons. The molecule has 1 aromatic heterocycles. The van der Waals surface area contributed by atoms with E-state index in [0.29, 0.717) is 0 Å². The standard InChI is InChI=1S/C38H23N/c1-2-11-24(12-3-1)34-30-20-25-13-4-5-14-26(25)21-31(30)37-36(34)29-19-18-23-10-6-8-16-28(23)35(29)38(37)33-22-27-15-7-9-17-32(27)39-33/h1-22,39H. The van der Waals surface area contributed by atoms with Crippen molar-refractivity contribution in [3.05, 3.63) is 167 Å². The molecule has 0 bridgehead atoms. The fourth-order valence-corrected chi connectivity index (χ4v) is 6.83. The van der Waals surface area contributed by atoms with Crippen LogP contribution in [0.2, 0.25) is 0 Å². The topological polar surface area (TPSA) is 15.8 Å². The molecule has 0 saturated carbocycles. The molecule has 1 heterocycles. The second-order valence-corrected chi connectivity index (χ2v) is 10.6. The fraction of sp³-hybridized carbons (Fsp3) is 0. The SMILES string of the molecule is c1ccc(C2=C3C(=C(c4cc5ccccc5[nH]4)c4c3ccc3ccccc43)c3cc4ccccc4cc32)cc1. The van der Waals surface area contributed by atoms with Gasteiger partial charge in [0.2, 0.25) is 0 Å². The number of hydrogen-bond donors (Lipinski definition) is 1. The second kappa shape index (κ2) is 7.69. The van der Waals surface area contributed by atoms with Gasteiger partial charge in [0.05, 0.1) is 0 Å². The first-order valence-corrected chi connectivity index (χ1v) is 13.5. The molecular weight excluding hydrogens is 470 g/mol. The Morgan fingerprint density at radius 3 is 1.77 bits per heavy atom. The number of fused-ring (bicyclic) bond motifs is 9. The third kappa shape index (κ3) is 2.85. The molecule has 0 atom stereocenters. The molecule has 180 valence electrons. The first-order valence-electron chi connectivity index (χ1n) is 13.5. The summed E-state index contributed by atoms with van der Waals surface area (Å²) in [6.45, 7) is 0. The van der Waals surface area contributed by atoms with Crippen LogP contribution >= 0.6 is 0 Å². The zero-order chi connectivity index (χ0) is 25.5. The highest BCUT2D eigenvalue weighted by molar-refractivity contribution is 6.37. The lowest BCUT2D eigenvalue weighted by molar-refractivity contribution is 1.40. The first-order chi connectivity index (χ1) is 19.3. The van der Waals surface area contributed by atoms with E-state index in [1.165, 1.54) is 88.3 Å². The van der Waals surface area contributed by atoms with Crippen molar-refractivity contribution in [2.75, 3.05) is 0 Å². The van der Waals surface area contributed by atoms with Gasteiger partial charge in [0.25, 0.3) is 0 Å². The van der Waals surface area contributed by atoms with Crippen molar-refractivity contribution in [2.24, 2.45) is 0 Å². The van der Waals surface area contributed by atoms with Gasteiger partial charge in [-0.15, -0.1) is 0 Å². The van der Waals surface area contributed by atoms with E-state index < -0.39 is 0 Å². The number of nitrogens with one attached hydrogen (secondary N) is 1. The van der Waals surface area contributed by atoms with Gasteiger partial charge in [-0.25, -0.2) is 0 Å². The molecule has 0 saturated heterocycles. The number of aromatic amines is 1. The first kappa shape index (κ1) is 20.9. The van der Waals surface area contributed by atoms with E-state index in [9.17, 15) is 0 Å². The van der Waals surface area contributed by atoms with Gasteiger partial charge in [-0.2, -0.15) is 0 Å². The van der Waals surface area contributed by atoms with Gasteiger partial charge in [-0.05, 0) is 79.2 Å². The third-order valence-corrected chi connectivity index (χ3v) is 8.48. The van der Waals surface area contributed by atoms with E-state index in [0.717, 1.165) is 0 Å². The van der Waals surface area contributed by atoms with Crippen LogP contribution < -0.4 is 0 Å². The minimum absolute atomic E-state index is 1.17. The van der Waals surface area contributed by atoms with Gasteiger partial charge in [-0.3, -0.25) is 0 Å². The van der Waals surface area contributed by atoms with Crippen molar-refractivity contribution in [1.29, 1.82) is 0 Å². The molecule has 0 fully saturated rings. The lowest BCUT2D eigenvalue weighted by atomic mass is 9.89. The number of rotatable bonds is 2. The van der Waals surface area contributed by atoms with Crippen LogP contribution in [-0.2, 0) is 0 Å². The predicted octanol–water partition coefficient (Wildman–Crippen LogP) is 9.72. The lowest BCUT2D eigenvalue weighted by Crippen LogP contribution is -1.94. The van der Waals surface area contributed by atoms with Gasteiger partial charge >= 0.3 is 0 Å². The van der Waals surface area contributed by atoms with Crippen molar-refractivity contribution in [2.45, 2.75) is 0 Å². The van der Waals surface area contributed by atoms with Crippen LogP contribution in [0, 0.1) is 0 Å². The highest BCUT2D eigenvalue weighted by Crippen LogP contribution is 2.60. The number of H-pyrrole nitrogens is 1. The lowest BCUT2D eigenvalue weighted by Gasteiger charge is -2.14. The monoisotopic (exact) mass is 493 g/mol. The van der Waals surface area contributed by atoms with Crippen molar-refractivity contribution < 1.29 is 0 Å². The van der Waals surface area contributed by atoms with E-state index in [-0.39, 0.29) is 0 Å². The molecule has 6 aromatic carbocycles. The Balaban J connectivity index is 1.50. The molecule has 2 aliphatic rings. The minimum atomic E-state index is 1.17. The number of allylic oxidation sites excluding steroid dienone is 2. The Kier molecular flexibility index (Phi) is 4.11. The van der Waals surface area contributed by atoms with E-state index in [2.05, 4.69) is 138 Å². The van der Waals surface area contributed by atoms with Crippen LogP contribution in [0.1, 0.15) is 33.5 Å². The largest absolute Gasteiger partial charge is 0.354 e. The summed E-state index contributed by atoms with van der Waals surface area (Å²) in [6.07, 6.45) is 0. The van der Waals surface area contributed by atoms with Crippen molar-refractivity contribution >= 4 is 54.7 Å². The van der Waals surface area contributed by atoms with E-state index in [1.54, 1.807) is 0 Å². The maximum absolute atomic E-state index is 3.80. The molecular formula is C38H23N. The highest BCUT2D eigenvalue weighted by Gasteiger charge is 2.39. The maximum atomic E-state index is 3.80.